The summed E-state index contributed by atoms with van der Waals surface area (Å²) in [6.07, 6.45) is 3.46. The third-order valence-corrected chi connectivity index (χ3v) is 5.90. The first-order valence-electron chi connectivity index (χ1n) is 10.1. The third kappa shape index (κ3) is 4.81. The monoisotopic (exact) mass is 445 g/mol. The van der Waals surface area contributed by atoms with Gasteiger partial charge in [0.1, 0.15) is 5.75 Å². The van der Waals surface area contributed by atoms with E-state index in [9.17, 15) is 4.79 Å². The van der Waals surface area contributed by atoms with Gasteiger partial charge in [0, 0.05) is 29.3 Å². The van der Waals surface area contributed by atoms with Crippen molar-refractivity contribution in [1.29, 1.82) is 0 Å². The number of nitrogens with zero attached hydrogens (tertiary/aromatic N) is 4. The van der Waals surface area contributed by atoms with Crippen LogP contribution in [0.1, 0.15) is 12.5 Å². The van der Waals surface area contributed by atoms with Gasteiger partial charge in [-0.3, -0.25) is 14.3 Å². The standard InChI is InChI=1S/C24H23N5O2S/c1-16-6-8-19(9-7-16)26-23(30)17(2)32-24-28-27-22(18-5-4-14-25-15-18)29(24)20-10-12-21(31-3)13-11-20/h4-15,17H,1-3H3,(H,26,30)/t17-/m1/s1. The van der Waals surface area contributed by atoms with Gasteiger partial charge in [0.25, 0.3) is 0 Å². The Bertz CT molecular complexity index is 1190. The van der Waals surface area contributed by atoms with Crippen molar-refractivity contribution in [2.24, 2.45) is 0 Å². The molecule has 0 saturated carbocycles. The number of anilines is 1. The highest BCUT2D eigenvalue weighted by Gasteiger charge is 2.22. The summed E-state index contributed by atoms with van der Waals surface area (Å²) in [5.41, 5.74) is 3.60. The van der Waals surface area contributed by atoms with Gasteiger partial charge < -0.3 is 10.1 Å². The van der Waals surface area contributed by atoms with Gasteiger partial charge in [-0.2, -0.15) is 0 Å². The van der Waals surface area contributed by atoms with Crippen LogP contribution in [0.2, 0.25) is 0 Å². The molecule has 1 atom stereocenters. The number of nitrogens with one attached hydrogen (secondary N) is 1. The summed E-state index contributed by atoms with van der Waals surface area (Å²) < 4.78 is 7.21. The van der Waals surface area contributed by atoms with Crippen molar-refractivity contribution in [1.82, 2.24) is 19.7 Å². The van der Waals surface area contributed by atoms with Crippen LogP contribution >= 0.6 is 11.8 Å². The topological polar surface area (TPSA) is 81.9 Å². The maximum absolute atomic E-state index is 12.8. The fourth-order valence-electron chi connectivity index (χ4n) is 3.08. The van der Waals surface area contributed by atoms with Gasteiger partial charge in [0.2, 0.25) is 5.91 Å². The molecule has 7 nitrogen and oxygen atoms in total. The highest BCUT2D eigenvalue weighted by atomic mass is 32.2. The molecule has 0 unspecified atom stereocenters. The van der Waals surface area contributed by atoms with Gasteiger partial charge >= 0.3 is 0 Å². The fourth-order valence-corrected chi connectivity index (χ4v) is 3.95. The average Bonchev–Trinajstić information content (AvgIpc) is 3.24. The maximum atomic E-state index is 12.8. The Balaban J connectivity index is 1.63. The zero-order valence-corrected chi connectivity index (χ0v) is 18.8. The highest BCUT2D eigenvalue weighted by Crippen LogP contribution is 2.31. The lowest BCUT2D eigenvalue weighted by molar-refractivity contribution is -0.115. The van der Waals surface area contributed by atoms with Gasteiger partial charge in [-0.15, -0.1) is 10.2 Å². The molecule has 1 N–H and O–H groups in total. The normalized spacial score (nSPS) is 11.7. The predicted octanol–water partition coefficient (Wildman–Crippen LogP) is 4.77. The van der Waals surface area contributed by atoms with Gasteiger partial charge in [0.05, 0.1) is 12.4 Å². The second-order valence-electron chi connectivity index (χ2n) is 7.20. The smallest absolute Gasteiger partial charge is 0.237 e. The van der Waals surface area contributed by atoms with Gasteiger partial charge in [-0.05, 0) is 62.4 Å². The lowest BCUT2D eigenvalue weighted by Crippen LogP contribution is -2.22. The molecule has 0 fully saturated rings. The van der Waals surface area contributed by atoms with E-state index in [0.717, 1.165) is 28.3 Å². The summed E-state index contributed by atoms with van der Waals surface area (Å²) in [5, 5.41) is 12.0. The average molecular weight is 446 g/mol. The zero-order chi connectivity index (χ0) is 22.5. The molecule has 162 valence electrons. The largest absolute Gasteiger partial charge is 0.497 e. The van der Waals surface area contributed by atoms with Gasteiger partial charge in [0.15, 0.2) is 11.0 Å². The molecule has 0 saturated heterocycles. The minimum absolute atomic E-state index is 0.105. The molecule has 32 heavy (non-hydrogen) atoms. The number of methoxy groups -OCH3 is 1. The Morgan fingerprint density at radius 3 is 2.47 bits per heavy atom. The molecule has 0 aliphatic carbocycles. The Morgan fingerprint density at radius 2 is 1.81 bits per heavy atom. The number of aryl methyl sites for hydroxylation is 1. The molecule has 4 aromatic rings. The highest BCUT2D eigenvalue weighted by molar-refractivity contribution is 8.00. The van der Waals surface area contributed by atoms with Crippen molar-refractivity contribution in [3.05, 3.63) is 78.6 Å². The second kappa shape index (κ2) is 9.65. The van der Waals surface area contributed by atoms with Crippen LogP contribution in [0.5, 0.6) is 5.75 Å². The minimum atomic E-state index is -0.390. The molecule has 0 spiro atoms. The number of amides is 1. The van der Waals surface area contributed by atoms with Crippen molar-refractivity contribution in [3.8, 4) is 22.8 Å². The summed E-state index contributed by atoms with van der Waals surface area (Å²) in [5.74, 6) is 1.30. The first-order chi connectivity index (χ1) is 15.5. The van der Waals surface area contributed by atoms with Crippen molar-refractivity contribution in [2.45, 2.75) is 24.3 Å². The van der Waals surface area contributed by atoms with Crippen LogP contribution in [0.25, 0.3) is 17.1 Å². The van der Waals surface area contributed by atoms with Crippen LogP contribution in [0.15, 0.2) is 78.2 Å². The van der Waals surface area contributed by atoms with Crippen LogP contribution < -0.4 is 10.1 Å². The number of hydrogen-bond donors (Lipinski definition) is 1. The lowest BCUT2D eigenvalue weighted by atomic mass is 10.2. The number of benzene rings is 2. The van der Waals surface area contributed by atoms with E-state index < -0.39 is 0 Å². The van der Waals surface area contributed by atoms with E-state index in [1.54, 1.807) is 19.5 Å². The van der Waals surface area contributed by atoms with Crippen molar-refractivity contribution >= 4 is 23.4 Å². The molecule has 2 aromatic heterocycles. The molecule has 0 aliphatic rings. The Hall–Kier alpha value is -3.65. The molecule has 1 amide bonds. The van der Waals surface area contributed by atoms with E-state index >= 15 is 0 Å². The quantitative estimate of drug-likeness (QED) is 0.413. The molecule has 2 aromatic carbocycles. The summed E-state index contributed by atoms with van der Waals surface area (Å²) >= 11 is 1.35. The van der Waals surface area contributed by atoms with Crippen molar-refractivity contribution < 1.29 is 9.53 Å². The minimum Gasteiger partial charge on any atom is -0.497 e. The number of thioether (sulfide) groups is 1. The molecular formula is C24H23N5O2S. The van der Waals surface area contributed by atoms with Crippen LogP contribution in [-0.2, 0) is 4.79 Å². The van der Waals surface area contributed by atoms with Crippen molar-refractivity contribution in [3.63, 3.8) is 0 Å². The second-order valence-corrected chi connectivity index (χ2v) is 8.50. The summed E-state index contributed by atoms with van der Waals surface area (Å²) in [4.78, 5) is 17.0. The molecule has 0 radical (unpaired) electrons. The molecule has 0 bridgehead atoms. The first kappa shape index (κ1) is 21.6. The van der Waals surface area contributed by atoms with E-state index in [1.165, 1.54) is 11.8 Å². The molecular weight excluding hydrogens is 422 g/mol. The molecule has 8 heteroatoms. The Labute approximate surface area is 190 Å². The lowest BCUT2D eigenvalue weighted by Gasteiger charge is -2.14. The van der Waals surface area contributed by atoms with Gasteiger partial charge in [-0.25, -0.2) is 0 Å². The zero-order valence-electron chi connectivity index (χ0n) is 18.0. The van der Waals surface area contributed by atoms with E-state index in [1.807, 2.05) is 79.1 Å². The van der Waals surface area contributed by atoms with Crippen LogP contribution in [0, 0.1) is 6.92 Å². The number of rotatable bonds is 7. The first-order valence-corrected chi connectivity index (χ1v) is 11.0. The summed E-state index contributed by atoms with van der Waals surface area (Å²) in [7, 11) is 1.63. The Kier molecular flexibility index (Phi) is 6.51. The fraction of sp³-hybridized carbons (Fsp3) is 0.167. The van der Waals surface area contributed by atoms with Crippen LogP contribution in [0.4, 0.5) is 5.69 Å². The number of ether oxygens (including phenoxy) is 1. The number of aromatic nitrogens is 4. The summed E-state index contributed by atoms with van der Waals surface area (Å²) in [6, 6.07) is 19.1. The summed E-state index contributed by atoms with van der Waals surface area (Å²) in [6.45, 7) is 3.86. The van der Waals surface area contributed by atoms with E-state index in [0.29, 0.717) is 11.0 Å². The number of carbonyl (C=O) groups is 1. The SMILES string of the molecule is COc1ccc(-n2c(S[C@H](C)C(=O)Nc3ccc(C)cc3)nnc2-c2cccnc2)cc1. The number of pyridine rings is 1. The van der Waals surface area contributed by atoms with E-state index in [2.05, 4.69) is 20.5 Å². The number of hydrogen-bond acceptors (Lipinski definition) is 6. The van der Waals surface area contributed by atoms with Crippen LogP contribution in [-0.4, -0.2) is 38.0 Å². The maximum Gasteiger partial charge on any atom is 0.237 e. The number of carbonyl (C=O) groups excluding carboxylic acids is 1. The molecule has 0 aliphatic heterocycles. The molecule has 2 heterocycles. The van der Waals surface area contributed by atoms with E-state index in [4.69, 9.17) is 4.74 Å². The van der Waals surface area contributed by atoms with Gasteiger partial charge in [-0.1, -0.05) is 29.5 Å². The predicted molar refractivity (Wildman–Crippen MR) is 126 cm³/mol. The Morgan fingerprint density at radius 1 is 1.06 bits per heavy atom. The molecule has 4 rings (SSSR count). The van der Waals surface area contributed by atoms with Crippen LogP contribution in [0.3, 0.4) is 0 Å². The van der Waals surface area contributed by atoms with E-state index in [-0.39, 0.29) is 11.2 Å². The van der Waals surface area contributed by atoms with Crippen molar-refractivity contribution in [2.75, 3.05) is 12.4 Å². The third-order valence-electron chi connectivity index (χ3n) is 4.85.